The summed E-state index contributed by atoms with van der Waals surface area (Å²) in [4.78, 5) is 0. The predicted octanol–water partition coefficient (Wildman–Crippen LogP) is 1.88. The highest BCUT2D eigenvalue weighted by Crippen LogP contribution is 2.25. The third-order valence-electron chi connectivity index (χ3n) is 2.97. The van der Waals surface area contributed by atoms with Gasteiger partial charge in [0.2, 0.25) is 10.0 Å². The number of rotatable bonds is 3. The maximum Gasteiger partial charge on any atom is 0.228 e. The fraction of sp³-hybridized carbons (Fsp3) is 1.00. The van der Waals surface area contributed by atoms with Crippen molar-refractivity contribution >= 4 is 21.6 Å². The molecule has 3 nitrogen and oxygen atoms in total. The van der Waals surface area contributed by atoms with Crippen LogP contribution >= 0.6 is 11.6 Å². The van der Waals surface area contributed by atoms with Crippen LogP contribution in [-0.2, 0) is 10.0 Å². The maximum absolute atomic E-state index is 11.4. The lowest BCUT2D eigenvalue weighted by Gasteiger charge is -2.32. The summed E-state index contributed by atoms with van der Waals surface area (Å²) in [6.07, 6.45) is 1.93. The summed E-state index contributed by atoms with van der Waals surface area (Å²) in [5.74, 6) is 1.31. The maximum atomic E-state index is 11.4. The Bertz CT molecular complexity index is 269. The van der Waals surface area contributed by atoms with Crippen molar-refractivity contribution < 1.29 is 8.42 Å². The SMILES string of the molecule is CC(C)C1CCN(S(=O)(=O)CCl)CC1. The van der Waals surface area contributed by atoms with E-state index in [4.69, 9.17) is 11.6 Å². The van der Waals surface area contributed by atoms with Crippen LogP contribution in [0.3, 0.4) is 0 Å². The number of hydrogen-bond acceptors (Lipinski definition) is 2. The fourth-order valence-corrected chi connectivity index (χ4v) is 3.21. The second-order valence-electron chi connectivity index (χ2n) is 4.20. The van der Waals surface area contributed by atoms with Gasteiger partial charge in [-0.1, -0.05) is 13.8 Å². The van der Waals surface area contributed by atoms with E-state index in [0.717, 1.165) is 12.8 Å². The topological polar surface area (TPSA) is 37.4 Å². The quantitative estimate of drug-likeness (QED) is 0.706. The molecule has 0 aromatic carbocycles. The molecule has 1 saturated heterocycles. The lowest BCUT2D eigenvalue weighted by atomic mass is 9.87. The zero-order valence-corrected chi connectivity index (χ0v) is 10.3. The highest BCUT2D eigenvalue weighted by Gasteiger charge is 2.28. The molecular weight excluding hydrogens is 222 g/mol. The molecule has 0 radical (unpaired) electrons. The van der Waals surface area contributed by atoms with Crippen LogP contribution in [0.4, 0.5) is 0 Å². The molecule has 0 N–H and O–H groups in total. The van der Waals surface area contributed by atoms with E-state index in [-0.39, 0.29) is 5.21 Å². The number of sulfonamides is 1. The number of halogens is 1. The van der Waals surface area contributed by atoms with Gasteiger partial charge < -0.3 is 0 Å². The van der Waals surface area contributed by atoms with Gasteiger partial charge in [0, 0.05) is 13.1 Å². The van der Waals surface area contributed by atoms with Crippen molar-refractivity contribution in [2.45, 2.75) is 26.7 Å². The van der Waals surface area contributed by atoms with Crippen LogP contribution < -0.4 is 0 Å². The highest BCUT2D eigenvalue weighted by atomic mass is 35.5. The van der Waals surface area contributed by atoms with E-state index in [0.29, 0.717) is 24.9 Å². The molecule has 0 amide bonds. The molecule has 0 aliphatic carbocycles. The van der Waals surface area contributed by atoms with Gasteiger partial charge in [-0.3, -0.25) is 0 Å². The monoisotopic (exact) mass is 239 g/mol. The normalized spacial score (nSPS) is 21.7. The summed E-state index contributed by atoms with van der Waals surface area (Å²) in [6.45, 7) is 5.66. The molecule has 1 aliphatic rings. The fourth-order valence-electron chi connectivity index (χ4n) is 1.89. The first-order valence-electron chi connectivity index (χ1n) is 5.01. The van der Waals surface area contributed by atoms with Crippen molar-refractivity contribution in [2.75, 3.05) is 18.3 Å². The van der Waals surface area contributed by atoms with Crippen LogP contribution in [0.1, 0.15) is 26.7 Å². The molecule has 1 heterocycles. The van der Waals surface area contributed by atoms with Gasteiger partial charge in [-0.25, -0.2) is 12.7 Å². The zero-order valence-electron chi connectivity index (χ0n) is 8.74. The lowest BCUT2D eigenvalue weighted by molar-refractivity contribution is 0.227. The molecule has 0 saturated carbocycles. The molecule has 0 atom stereocenters. The minimum atomic E-state index is -3.17. The Kier molecular flexibility index (Phi) is 4.22. The number of hydrogen-bond donors (Lipinski definition) is 0. The van der Waals surface area contributed by atoms with Gasteiger partial charge in [0.05, 0.1) is 0 Å². The number of piperidine rings is 1. The minimum Gasteiger partial charge on any atom is -0.211 e. The Morgan fingerprint density at radius 3 is 2.21 bits per heavy atom. The van der Waals surface area contributed by atoms with Crippen molar-refractivity contribution in [3.8, 4) is 0 Å². The van der Waals surface area contributed by atoms with E-state index in [9.17, 15) is 8.42 Å². The van der Waals surface area contributed by atoms with Gasteiger partial charge in [0.1, 0.15) is 5.21 Å². The van der Waals surface area contributed by atoms with Gasteiger partial charge in [-0.05, 0) is 24.7 Å². The van der Waals surface area contributed by atoms with Gasteiger partial charge in [0.25, 0.3) is 0 Å². The van der Waals surface area contributed by atoms with Crippen LogP contribution in [0.2, 0.25) is 0 Å². The van der Waals surface area contributed by atoms with E-state index in [1.807, 2.05) is 0 Å². The molecule has 5 heteroatoms. The van der Waals surface area contributed by atoms with Crippen LogP contribution in [0.25, 0.3) is 0 Å². The number of nitrogens with zero attached hydrogens (tertiary/aromatic N) is 1. The molecule has 14 heavy (non-hydrogen) atoms. The second kappa shape index (κ2) is 4.81. The zero-order chi connectivity index (χ0) is 10.8. The second-order valence-corrected chi connectivity index (χ2v) is 6.75. The van der Waals surface area contributed by atoms with Crippen LogP contribution in [0, 0.1) is 11.8 Å². The Labute approximate surface area is 91.5 Å². The van der Waals surface area contributed by atoms with Gasteiger partial charge >= 0.3 is 0 Å². The summed E-state index contributed by atoms with van der Waals surface area (Å²) in [5, 5.41) is -0.292. The molecule has 0 aromatic heterocycles. The average molecular weight is 240 g/mol. The molecule has 0 bridgehead atoms. The van der Waals surface area contributed by atoms with E-state index in [2.05, 4.69) is 13.8 Å². The first-order chi connectivity index (χ1) is 6.47. The highest BCUT2D eigenvalue weighted by molar-refractivity contribution is 7.90. The van der Waals surface area contributed by atoms with Crippen LogP contribution in [0.15, 0.2) is 0 Å². The first-order valence-corrected chi connectivity index (χ1v) is 7.15. The third kappa shape index (κ3) is 2.84. The van der Waals surface area contributed by atoms with Gasteiger partial charge in [0.15, 0.2) is 0 Å². The van der Waals surface area contributed by atoms with E-state index in [1.54, 1.807) is 0 Å². The Balaban J connectivity index is 2.52. The van der Waals surface area contributed by atoms with Crippen molar-refractivity contribution in [1.82, 2.24) is 4.31 Å². The molecule has 1 rings (SSSR count). The standard InChI is InChI=1S/C9H18ClNO2S/c1-8(2)9-3-5-11(6-4-9)14(12,13)7-10/h8-9H,3-7H2,1-2H3. The predicted molar refractivity (Wildman–Crippen MR) is 58.8 cm³/mol. The molecule has 0 spiro atoms. The minimum absolute atomic E-state index is 0.292. The number of alkyl halides is 1. The van der Waals surface area contributed by atoms with Crippen molar-refractivity contribution in [2.24, 2.45) is 11.8 Å². The van der Waals surface area contributed by atoms with Gasteiger partial charge in [-0.15, -0.1) is 11.6 Å². The van der Waals surface area contributed by atoms with E-state index in [1.165, 1.54) is 4.31 Å². The summed E-state index contributed by atoms with van der Waals surface area (Å²) >= 11 is 5.40. The Morgan fingerprint density at radius 1 is 1.36 bits per heavy atom. The van der Waals surface area contributed by atoms with Crippen LogP contribution in [-0.4, -0.2) is 31.0 Å². The van der Waals surface area contributed by atoms with Crippen LogP contribution in [0.5, 0.6) is 0 Å². The molecule has 0 aromatic rings. The molecule has 84 valence electrons. The largest absolute Gasteiger partial charge is 0.228 e. The Morgan fingerprint density at radius 2 is 1.86 bits per heavy atom. The third-order valence-corrected chi connectivity index (χ3v) is 5.23. The average Bonchev–Trinajstić information content (AvgIpc) is 2.18. The molecule has 1 fully saturated rings. The van der Waals surface area contributed by atoms with Crippen molar-refractivity contribution in [1.29, 1.82) is 0 Å². The summed E-state index contributed by atoms with van der Waals surface area (Å²) in [5.41, 5.74) is 0. The summed E-state index contributed by atoms with van der Waals surface area (Å²) in [7, 11) is -3.17. The van der Waals surface area contributed by atoms with E-state index < -0.39 is 10.0 Å². The van der Waals surface area contributed by atoms with E-state index >= 15 is 0 Å². The van der Waals surface area contributed by atoms with Crippen molar-refractivity contribution in [3.05, 3.63) is 0 Å². The van der Waals surface area contributed by atoms with Gasteiger partial charge in [-0.2, -0.15) is 0 Å². The Hall–Kier alpha value is 0.200. The first kappa shape index (κ1) is 12.3. The van der Waals surface area contributed by atoms with Crippen molar-refractivity contribution in [3.63, 3.8) is 0 Å². The summed E-state index contributed by atoms with van der Waals surface area (Å²) < 4.78 is 24.4. The molecule has 1 aliphatic heterocycles. The lowest BCUT2D eigenvalue weighted by Crippen LogP contribution is -2.39. The smallest absolute Gasteiger partial charge is 0.211 e. The molecular formula is C9H18ClNO2S. The molecule has 0 unspecified atom stereocenters. The summed E-state index contributed by atoms with van der Waals surface area (Å²) in [6, 6.07) is 0.